The largest absolute Gasteiger partial charge is 0.345 e. The molecule has 4 nitrogen and oxygen atoms in total. The highest BCUT2D eigenvalue weighted by Gasteiger charge is 2.50. The number of hydrogen-bond donors (Lipinski definition) is 0. The van der Waals surface area contributed by atoms with Crippen molar-refractivity contribution in [2.75, 3.05) is 0 Å². The summed E-state index contributed by atoms with van der Waals surface area (Å²) in [7, 11) is 0. The fourth-order valence-electron chi connectivity index (χ4n) is 4.70. The molecule has 1 aromatic carbocycles. The number of fused-ring (bicyclic) bond motifs is 2. The van der Waals surface area contributed by atoms with Crippen LogP contribution in [-0.2, 0) is 9.47 Å². The van der Waals surface area contributed by atoms with Gasteiger partial charge >= 0.3 is 0 Å². The molecule has 2 fully saturated rings. The molecule has 1 heterocycles. The zero-order chi connectivity index (χ0) is 16.9. The Morgan fingerprint density at radius 2 is 1.75 bits per heavy atom. The Bertz CT molecular complexity index is 678. The van der Waals surface area contributed by atoms with E-state index in [1.807, 2.05) is 26.0 Å². The van der Waals surface area contributed by atoms with Crippen LogP contribution in [-0.4, -0.2) is 29.6 Å². The average molecular weight is 328 g/mol. The Morgan fingerprint density at radius 3 is 2.54 bits per heavy atom. The van der Waals surface area contributed by atoms with Crippen molar-refractivity contribution in [3.8, 4) is 0 Å². The Balaban J connectivity index is 1.67. The predicted octanol–water partition coefficient (Wildman–Crippen LogP) is 3.78. The molecule has 1 saturated carbocycles. The van der Waals surface area contributed by atoms with Gasteiger partial charge in [-0.15, -0.1) is 0 Å². The second-order valence-corrected chi connectivity index (χ2v) is 7.71. The van der Waals surface area contributed by atoms with Crippen LogP contribution in [0.1, 0.15) is 66.7 Å². The van der Waals surface area contributed by atoms with Gasteiger partial charge in [-0.25, -0.2) is 0 Å². The highest BCUT2D eigenvalue weighted by atomic mass is 16.8. The predicted molar refractivity (Wildman–Crippen MR) is 89.0 cm³/mol. The van der Waals surface area contributed by atoms with E-state index in [0.717, 1.165) is 19.3 Å². The highest BCUT2D eigenvalue weighted by molar-refractivity contribution is 6.11. The van der Waals surface area contributed by atoms with Crippen molar-refractivity contribution in [3.05, 3.63) is 35.4 Å². The van der Waals surface area contributed by atoms with Gasteiger partial charge in [-0.2, -0.15) is 0 Å². The minimum absolute atomic E-state index is 0.0388. The van der Waals surface area contributed by atoms with Gasteiger partial charge in [0.05, 0.1) is 12.2 Å². The highest BCUT2D eigenvalue weighted by Crippen LogP contribution is 2.45. The van der Waals surface area contributed by atoms with E-state index in [2.05, 4.69) is 0 Å². The number of carbonyl (C=O) groups excluding carboxylic acids is 2. The van der Waals surface area contributed by atoms with Crippen LogP contribution in [0.4, 0.5) is 0 Å². The Hall–Kier alpha value is -1.52. The first-order chi connectivity index (χ1) is 11.5. The summed E-state index contributed by atoms with van der Waals surface area (Å²) in [6, 6.07) is 7.25. The fraction of sp³-hybridized carbons (Fsp3) is 0.600. The summed E-state index contributed by atoms with van der Waals surface area (Å²) < 4.78 is 12.2. The number of benzene rings is 1. The maximum absolute atomic E-state index is 13.2. The van der Waals surface area contributed by atoms with Crippen molar-refractivity contribution in [1.82, 2.24) is 0 Å². The number of ketones is 2. The van der Waals surface area contributed by atoms with Crippen molar-refractivity contribution >= 4 is 11.6 Å². The van der Waals surface area contributed by atoms with Gasteiger partial charge in [0.15, 0.2) is 17.4 Å². The average Bonchev–Trinajstić information content (AvgIpc) is 2.82. The third-order valence-corrected chi connectivity index (χ3v) is 5.70. The second-order valence-electron chi connectivity index (χ2n) is 7.71. The third-order valence-electron chi connectivity index (χ3n) is 5.70. The third kappa shape index (κ3) is 2.62. The molecule has 0 radical (unpaired) electrons. The van der Waals surface area contributed by atoms with Crippen molar-refractivity contribution in [2.24, 2.45) is 11.8 Å². The monoisotopic (exact) mass is 328 g/mol. The maximum Gasteiger partial charge on any atom is 0.167 e. The van der Waals surface area contributed by atoms with E-state index in [1.54, 1.807) is 12.1 Å². The molecule has 4 unspecified atom stereocenters. The van der Waals surface area contributed by atoms with Crippen LogP contribution in [0.15, 0.2) is 24.3 Å². The number of ether oxygens (including phenoxy) is 2. The quantitative estimate of drug-likeness (QED) is 0.736. The molecule has 0 spiro atoms. The van der Waals surface area contributed by atoms with E-state index in [1.165, 1.54) is 0 Å². The van der Waals surface area contributed by atoms with Crippen LogP contribution in [0.2, 0.25) is 0 Å². The number of rotatable bonds is 1. The topological polar surface area (TPSA) is 52.6 Å². The number of carbonyl (C=O) groups is 2. The van der Waals surface area contributed by atoms with E-state index in [4.69, 9.17) is 9.47 Å². The van der Waals surface area contributed by atoms with Gasteiger partial charge in [0, 0.05) is 23.5 Å². The number of Topliss-reactive ketones (excluding diaryl/α,β-unsaturated/α-hetero) is 2. The van der Waals surface area contributed by atoms with Gasteiger partial charge in [0.1, 0.15) is 0 Å². The van der Waals surface area contributed by atoms with Gasteiger partial charge in [0.2, 0.25) is 0 Å². The lowest BCUT2D eigenvalue weighted by atomic mass is 9.73. The van der Waals surface area contributed by atoms with Crippen molar-refractivity contribution < 1.29 is 19.1 Å². The summed E-state index contributed by atoms with van der Waals surface area (Å²) in [5.74, 6) is -0.410. The van der Waals surface area contributed by atoms with Crippen LogP contribution in [0.3, 0.4) is 0 Å². The van der Waals surface area contributed by atoms with E-state index in [-0.39, 0.29) is 35.6 Å². The van der Waals surface area contributed by atoms with E-state index in [0.29, 0.717) is 24.0 Å². The van der Waals surface area contributed by atoms with E-state index < -0.39 is 5.79 Å². The van der Waals surface area contributed by atoms with Crippen molar-refractivity contribution in [2.45, 2.75) is 63.9 Å². The van der Waals surface area contributed by atoms with Crippen LogP contribution >= 0.6 is 0 Å². The molecule has 4 atom stereocenters. The van der Waals surface area contributed by atoms with Crippen molar-refractivity contribution in [3.63, 3.8) is 0 Å². The molecule has 2 aliphatic carbocycles. The van der Waals surface area contributed by atoms with E-state index in [9.17, 15) is 9.59 Å². The van der Waals surface area contributed by atoms with Gasteiger partial charge in [-0.3, -0.25) is 9.59 Å². The molecular weight excluding hydrogens is 304 g/mol. The summed E-state index contributed by atoms with van der Waals surface area (Å²) in [4.78, 5) is 25.6. The number of hydrogen-bond acceptors (Lipinski definition) is 4. The summed E-state index contributed by atoms with van der Waals surface area (Å²) in [6.45, 7) is 3.88. The van der Waals surface area contributed by atoms with Gasteiger partial charge < -0.3 is 9.47 Å². The molecule has 0 aromatic heterocycles. The van der Waals surface area contributed by atoms with Gasteiger partial charge in [-0.1, -0.05) is 30.7 Å². The fourth-order valence-corrected chi connectivity index (χ4v) is 4.70. The maximum atomic E-state index is 13.2. The van der Waals surface area contributed by atoms with Crippen LogP contribution in [0, 0.1) is 11.8 Å². The second kappa shape index (κ2) is 5.78. The SMILES string of the molecule is CC1(C)OC2CCCC(C3CCC(=O)c4ccccc4C3=O)C2O1. The van der Waals surface area contributed by atoms with Crippen LogP contribution in [0.25, 0.3) is 0 Å². The molecule has 128 valence electrons. The molecule has 4 heteroatoms. The zero-order valence-corrected chi connectivity index (χ0v) is 14.3. The minimum Gasteiger partial charge on any atom is -0.345 e. The molecule has 0 N–H and O–H groups in total. The zero-order valence-electron chi connectivity index (χ0n) is 14.3. The summed E-state index contributed by atoms with van der Waals surface area (Å²) in [5.41, 5.74) is 1.17. The normalized spacial score (nSPS) is 35.2. The smallest absolute Gasteiger partial charge is 0.167 e. The molecule has 3 aliphatic rings. The summed E-state index contributed by atoms with van der Waals surface area (Å²) >= 11 is 0. The molecule has 24 heavy (non-hydrogen) atoms. The molecule has 1 saturated heterocycles. The lowest BCUT2D eigenvalue weighted by Gasteiger charge is -2.35. The first kappa shape index (κ1) is 16.0. The minimum atomic E-state index is -0.584. The molecule has 0 amide bonds. The molecule has 1 aliphatic heterocycles. The van der Waals surface area contributed by atoms with E-state index >= 15 is 0 Å². The molecule has 0 bridgehead atoms. The lowest BCUT2D eigenvalue weighted by Crippen LogP contribution is -2.41. The first-order valence-corrected chi connectivity index (χ1v) is 8.98. The summed E-state index contributed by atoms with van der Waals surface area (Å²) in [6.07, 6.45) is 4.08. The molecule has 1 aromatic rings. The van der Waals surface area contributed by atoms with Gasteiger partial charge in [-0.05, 0) is 39.0 Å². The Labute approximate surface area is 142 Å². The first-order valence-electron chi connectivity index (χ1n) is 8.98. The van der Waals surface area contributed by atoms with Crippen LogP contribution < -0.4 is 0 Å². The standard InChI is InChI=1S/C20H24O4/c1-20(2)23-17-9-5-8-15(19(17)24-20)14-10-11-16(21)12-6-3-4-7-13(12)18(14)22/h3-4,6-7,14-15,17,19H,5,8-11H2,1-2H3. The Morgan fingerprint density at radius 1 is 1.00 bits per heavy atom. The lowest BCUT2D eigenvalue weighted by molar-refractivity contribution is -0.150. The van der Waals surface area contributed by atoms with Crippen LogP contribution in [0.5, 0.6) is 0 Å². The molecule has 4 rings (SSSR count). The Kier molecular flexibility index (Phi) is 3.85. The van der Waals surface area contributed by atoms with Crippen molar-refractivity contribution in [1.29, 1.82) is 0 Å². The molecular formula is C20H24O4. The summed E-state index contributed by atoms with van der Waals surface area (Å²) in [5, 5.41) is 0. The van der Waals surface area contributed by atoms with Gasteiger partial charge in [0.25, 0.3) is 0 Å².